The van der Waals surface area contributed by atoms with E-state index in [1.807, 2.05) is 30.3 Å². The zero-order valence-corrected chi connectivity index (χ0v) is 18.1. The maximum Gasteiger partial charge on any atom is 0.225 e. The highest BCUT2D eigenvalue weighted by atomic mass is 16.5. The van der Waals surface area contributed by atoms with Gasteiger partial charge in [0.15, 0.2) is 0 Å². The molecule has 2 aromatic carbocycles. The van der Waals surface area contributed by atoms with Gasteiger partial charge in [-0.3, -0.25) is 14.5 Å². The number of amides is 2. The summed E-state index contributed by atoms with van der Waals surface area (Å²) < 4.78 is 5.26. The molecule has 164 valence electrons. The average molecular weight is 422 g/mol. The maximum atomic E-state index is 12.8. The molecule has 1 atom stereocenters. The van der Waals surface area contributed by atoms with Crippen LogP contribution < -0.4 is 10.1 Å². The zero-order valence-electron chi connectivity index (χ0n) is 18.1. The summed E-state index contributed by atoms with van der Waals surface area (Å²) in [6.45, 7) is 3.90. The largest absolute Gasteiger partial charge is 0.497 e. The fourth-order valence-electron chi connectivity index (χ4n) is 4.49. The standard InChI is InChI=1S/C25H31N3O3/c1-31-23-9-5-8-20(14-23)17-28-18-21(15-24(28)29)25(30)26-22-10-12-27(13-11-22)16-19-6-3-2-4-7-19/h2-9,14,21-22H,10-13,15-18H2,1H3,(H,26,30). The van der Waals surface area contributed by atoms with Crippen molar-refractivity contribution in [1.82, 2.24) is 15.1 Å². The summed E-state index contributed by atoms with van der Waals surface area (Å²) in [5.74, 6) is 0.571. The predicted molar refractivity (Wildman–Crippen MR) is 119 cm³/mol. The molecule has 6 nitrogen and oxygen atoms in total. The molecular weight excluding hydrogens is 390 g/mol. The van der Waals surface area contributed by atoms with Crippen LogP contribution in [0.2, 0.25) is 0 Å². The van der Waals surface area contributed by atoms with Crippen LogP contribution in [0.15, 0.2) is 54.6 Å². The van der Waals surface area contributed by atoms with Crippen molar-refractivity contribution in [1.29, 1.82) is 0 Å². The number of ether oxygens (including phenoxy) is 1. The van der Waals surface area contributed by atoms with Gasteiger partial charge in [-0.15, -0.1) is 0 Å². The van der Waals surface area contributed by atoms with Crippen molar-refractivity contribution in [2.24, 2.45) is 5.92 Å². The highest BCUT2D eigenvalue weighted by Crippen LogP contribution is 2.23. The molecule has 1 unspecified atom stereocenters. The molecule has 0 bridgehead atoms. The number of carbonyl (C=O) groups excluding carboxylic acids is 2. The summed E-state index contributed by atoms with van der Waals surface area (Å²) in [6, 6.07) is 18.4. The normalized spacial score (nSPS) is 20.1. The number of carbonyl (C=O) groups is 2. The number of rotatable bonds is 7. The third-order valence-corrected chi connectivity index (χ3v) is 6.28. The van der Waals surface area contributed by atoms with E-state index in [1.165, 1.54) is 5.56 Å². The Balaban J connectivity index is 1.23. The number of piperidine rings is 1. The minimum Gasteiger partial charge on any atom is -0.497 e. The van der Waals surface area contributed by atoms with Crippen LogP contribution in [0.3, 0.4) is 0 Å². The number of hydrogen-bond acceptors (Lipinski definition) is 4. The number of methoxy groups -OCH3 is 1. The van der Waals surface area contributed by atoms with Gasteiger partial charge in [0.2, 0.25) is 11.8 Å². The molecule has 6 heteroatoms. The molecule has 2 aromatic rings. The van der Waals surface area contributed by atoms with Crippen LogP contribution >= 0.6 is 0 Å². The van der Waals surface area contributed by atoms with Crippen LogP contribution in [0.1, 0.15) is 30.4 Å². The van der Waals surface area contributed by atoms with E-state index in [0.29, 0.717) is 19.5 Å². The Bertz CT molecular complexity index is 894. The summed E-state index contributed by atoms with van der Waals surface area (Å²) in [6.07, 6.45) is 2.20. The minimum atomic E-state index is -0.263. The van der Waals surface area contributed by atoms with Crippen LogP contribution in [-0.2, 0) is 22.7 Å². The van der Waals surface area contributed by atoms with Crippen molar-refractivity contribution >= 4 is 11.8 Å². The van der Waals surface area contributed by atoms with E-state index in [9.17, 15) is 9.59 Å². The quantitative estimate of drug-likeness (QED) is 0.747. The van der Waals surface area contributed by atoms with E-state index in [2.05, 4.69) is 34.5 Å². The molecule has 1 N–H and O–H groups in total. The van der Waals surface area contributed by atoms with E-state index in [1.54, 1.807) is 12.0 Å². The fourth-order valence-corrected chi connectivity index (χ4v) is 4.49. The first-order valence-corrected chi connectivity index (χ1v) is 11.1. The van der Waals surface area contributed by atoms with E-state index < -0.39 is 0 Å². The SMILES string of the molecule is COc1cccc(CN2CC(C(=O)NC3CCN(Cc4ccccc4)CC3)CC2=O)c1. The molecular formula is C25H31N3O3. The fraction of sp³-hybridized carbons (Fsp3) is 0.440. The number of nitrogens with zero attached hydrogens (tertiary/aromatic N) is 2. The van der Waals surface area contributed by atoms with Gasteiger partial charge >= 0.3 is 0 Å². The van der Waals surface area contributed by atoms with Crippen molar-refractivity contribution in [3.63, 3.8) is 0 Å². The van der Waals surface area contributed by atoms with E-state index in [0.717, 1.165) is 43.8 Å². The minimum absolute atomic E-state index is 0.0167. The second-order valence-corrected chi connectivity index (χ2v) is 8.57. The lowest BCUT2D eigenvalue weighted by molar-refractivity contribution is -0.129. The molecule has 2 fully saturated rings. The van der Waals surface area contributed by atoms with E-state index in [4.69, 9.17) is 4.74 Å². The van der Waals surface area contributed by atoms with Crippen LogP contribution in [0.4, 0.5) is 0 Å². The third-order valence-electron chi connectivity index (χ3n) is 6.28. The Morgan fingerprint density at radius 2 is 1.77 bits per heavy atom. The topological polar surface area (TPSA) is 61.9 Å². The Kier molecular flexibility index (Phi) is 6.87. The number of nitrogens with one attached hydrogen (secondary N) is 1. The van der Waals surface area contributed by atoms with Crippen molar-refractivity contribution in [2.75, 3.05) is 26.7 Å². The second-order valence-electron chi connectivity index (χ2n) is 8.57. The molecule has 0 spiro atoms. The molecule has 0 aliphatic carbocycles. The number of benzene rings is 2. The molecule has 2 aliphatic heterocycles. The first-order valence-electron chi connectivity index (χ1n) is 11.1. The molecule has 4 rings (SSSR count). The highest BCUT2D eigenvalue weighted by Gasteiger charge is 2.35. The molecule has 0 saturated carbocycles. The Labute approximate surface area is 184 Å². The summed E-state index contributed by atoms with van der Waals surface area (Å²) in [7, 11) is 1.63. The smallest absolute Gasteiger partial charge is 0.225 e. The predicted octanol–water partition coefficient (Wildman–Crippen LogP) is 2.82. The third kappa shape index (κ3) is 5.64. The van der Waals surface area contributed by atoms with Crippen molar-refractivity contribution < 1.29 is 14.3 Å². The lowest BCUT2D eigenvalue weighted by atomic mass is 10.0. The monoisotopic (exact) mass is 421 g/mol. The summed E-state index contributed by atoms with van der Waals surface area (Å²) in [4.78, 5) is 29.5. The van der Waals surface area contributed by atoms with Gasteiger partial charge < -0.3 is 15.0 Å². The Hall–Kier alpha value is -2.86. The van der Waals surface area contributed by atoms with Gasteiger partial charge in [-0.25, -0.2) is 0 Å². The first kappa shape index (κ1) is 21.4. The van der Waals surface area contributed by atoms with Gasteiger partial charge in [-0.05, 0) is 36.1 Å². The highest BCUT2D eigenvalue weighted by molar-refractivity contribution is 5.89. The molecule has 2 saturated heterocycles. The van der Waals surface area contributed by atoms with Gasteiger partial charge in [-0.2, -0.15) is 0 Å². The van der Waals surface area contributed by atoms with Crippen LogP contribution in [0.25, 0.3) is 0 Å². The van der Waals surface area contributed by atoms with Gasteiger partial charge in [-0.1, -0.05) is 42.5 Å². The van der Waals surface area contributed by atoms with Crippen molar-refractivity contribution in [3.05, 3.63) is 65.7 Å². The summed E-state index contributed by atoms with van der Waals surface area (Å²) in [5, 5.41) is 3.20. The van der Waals surface area contributed by atoms with Gasteiger partial charge in [0, 0.05) is 45.2 Å². The lowest BCUT2D eigenvalue weighted by Crippen LogP contribution is -2.46. The Morgan fingerprint density at radius 1 is 1.03 bits per heavy atom. The lowest BCUT2D eigenvalue weighted by Gasteiger charge is -2.32. The first-order chi connectivity index (χ1) is 15.1. The van der Waals surface area contributed by atoms with Gasteiger partial charge in [0.25, 0.3) is 0 Å². The van der Waals surface area contributed by atoms with Crippen LogP contribution in [0, 0.1) is 5.92 Å². The van der Waals surface area contributed by atoms with Crippen LogP contribution in [0.5, 0.6) is 5.75 Å². The number of hydrogen-bond donors (Lipinski definition) is 1. The van der Waals surface area contributed by atoms with Crippen molar-refractivity contribution in [3.8, 4) is 5.75 Å². The van der Waals surface area contributed by atoms with E-state index >= 15 is 0 Å². The van der Waals surface area contributed by atoms with Gasteiger partial charge in [0.05, 0.1) is 13.0 Å². The molecule has 2 heterocycles. The zero-order chi connectivity index (χ0) is 21.6. The second kappa shape index (κ2) is 9.96. The summed E-state index contributed by atoms with van der Waals surface area (Å²) >= 11 is 0. The molecule has 2 amide bonds. The Morgan fingerprint density at radius 3 is 2.52 bits per heavy atom. The van der Waals surface area contributed by atoms with E-state index in [-0.39, 0.29) is 23.8 Å². The molecule has 2 aliphatic rings. The van der Waals surface area contributed by atoms with Crippen molar-refractivity contribution in [2.45, 2.75) is 38.4 Å². The summed E-state index contributed by atoms with van der Waals surface area (Å²) in [5.41, 5.74) is 2.34. The average Bonchev–Trinajstić information content (AvgIpc) is 3.16. The molecule has 31 heavy (non-hydrogen) atoms. The maximum absolute atomic E-state index is 12.8. The molecule has 0 radical (unpaired) electrons. The molecule has 0 aromatic heterocycles. The van der Waals surface area contributed by atoms with Gasteiger partial charge in [0.1, 0.15) is 5.75 Å². The van der Waals surface area contributed by atoms with Crippen LogP contribution in [-0.4, -0.2) is 54.4 Å². The number of likely N-dealkylation sites (tertiary alicyclic amines) is 2.